The minimum atomic E-state index is -0.307. The average molecular weight is 288 g/mol. The van der Waals surface area contributed by atoms with Crippen molar-refractivity contribution in [2.45, 2.75) is 6.04 Å². The number of ether oxygens (including phenoxy) is 1. The molecule has 5 heteroatoms. The van der Waals surface area contributed by atoms with Gasteiger partial charge in [-0.25, -0.2) is 0 Å². The molecule has 0 amide bonds. The number of ketones is 1. The van der Waals surface area contributed by atoms with E-state index in [0.29, 0.717) is 13.2 Å². The van der Waals surface area contributed by atoms with Crippen molar-refractivity contribution < 1.29 is 9.53 Å². The Morgan fingerprint density at radius 2 is 2.10 bits per heavy atom. The Labute approximate surface area is 122 Å². The molecule has 1 aliphatic rings. The quantitative estimate of drug-likeness (QED) is 0.810. The summed E-state index contributed by atoms with van der Waals surface area (Å²) in [5.41, 5.74) is 0.813. The lowest BCUT2D eigenvalue weighted by atomic mass is 10.0. The number of carbonyl (C=O) groups excluding carboxylic acids is 1. The van der Waals surface area contributed by atoms with E-state index in [2.05, 4.69) is 9.88 Å². The summed E-state index contributed by atoms with van der Waals surface area (Å²) in [6.07, 6.45) is 1.74. The van der Waals surface area contributed by atoms with Crippen LogP contribution < -0.4 is 0 Å². The molecule has 20 heavy (non-hydrogen) atoms. The Morgan fingerprint density at radius 3 is 2.75 bits per heavy atom. The lowest BCUT2D eigenvalue weighted by Crippen LogP contribution is -2.42. The highest BCUT2D eigenvalue weighted by atomic mass is 32.1. The van der Waals surface area contributed by atoms with E-state index >= 15 is 0 Å². The first-order valence-electron chi connectivity index (χ1n) is 6.67. The maximum absolute atomic E-state index is 12.8. The topological polar surface area (TPSA) is 42.4 Å². The molecule has 0 spiro atoms. The number of pyridine rings is 1. The minimum Gasteiger partial charge on any atom is -0.379 e. The first-order valence-corrected chi connectivity index (χ1v) is 7.54. The molecule has 3 rings (SSSR count). The number of aromatic nitrogens is 1. The third-order valence-corrected chi connectivity index (χ3v) is 4.28. The van der Waals surface area contributed by atoms with Crippen molar-refractivity contribution >= 4 is 17.1 Å². The molecule has 0 N–H and O–H groups in total. The number of Topliss-reactive ketones (excluding diaryl/α,β-unsaturated/α-hetero) is 1. The number of hydrogen-bond acceptors (Lipinski definition) is 5. The lowest BCUT2D eigenvalue weighted by molar-refractivity contribution is 0.0166. The van der Waals surface area contributed by atoms with Gasteiger partial charge in [0.05, 0.1) is 23.8 Å². The van der Waals surface area contributed by atoms with Crippen LogP contribution in [0.4, 0.5) is 0 Å². The van der Waals surface area contributed by atoms with Gasteiger partial charge in [-0.3, -0.25) is 14.7 Å². The standard InChI is InChI=1S/C15H16N2O2S/c18-15(13-5-3-11-20-13)14(12-4-1-2-6-16-12)17-7-9-19-10-8-17/h1-6,11,14H,7-10H2. The molecule has 0 saturated carbocycles. The summed E-state index contributed by atoms with van der Waals surface area (Å²) >= 11 is 1.48. The highest BCUT2D eigenvalue weighted by molar-refractivity contribution is 7.12. The van der Waals surface area contributed by atoms with Crippen LogP contribution in [0, 0.1) is 0 Å². The maximum Gasteiger partial charge on any atom is 0.195 e. The molecule has 0 bridgehead atoms. The van der Waals surface area contributed by atoms with Gasteiger partial charge in [-0.1, -0.05) is 12.1 Å². The highest BCUT2D eigenvalue weighted by Gasteiger charge is 2.31. The Bertz CT molecular complexity index is 551. The normalized spacial score (nSPS) is 17.8. The van der Waals surface area contributed by atoms with E-state index in [1.807, 2.05) is 35.7 Å². The molecule has 1 atom stereocenters. The van der Waals surface area contributed by atoms with Gasteiger partial charge < -0.3 is 4.74 Å². The molecule has 1 saturated heterocycles. The van der Waals surface area contributed by atoms with Crippen molar-refractivity contribution in [3.8, 4) is 0 Å². The third kappa shape index (κ3) is 2.80. The second-order valence-corrected chi connectivity index (χ2v) is 5.59. The molecule has 104 valence electrons. The Balaban J connectivity index is 1.92. The van der Waals surface area contributed by atoms with E-state index < -0.39 is 0 Å². The second-order valence-electron chi connectivity index (χ2n) is 4.65. The first kappa shape index (κ1) is 13.4. The first-order chi connectivity index (χ1) is 9.86. The molecule has 0 aliphatic carbocycles. The van der Waals surface area contributed by atoms with Crippen LogP contribution >= 0.6 is 11.3 Å². The van der Waals surface area contributed by atoms with E-state index in [-0.39, 0.29) is 11.8 Å². The largest absolute Gasteiger partial charge is 0.379 e. The van der Waals surface area contributed by atoms with E-state index in [4.69, 9.17) is 4.74 Å². The Kier molecular flexibility index (Phi) is 4.20. The van der Waals surface area contributed by atoms with Crippen molar-refractivity contribution in [1.82, 2.24) is 9.88 Å². The maximum atomic E-state index is 12.8. The fourth-order valence-corrected chi connectivity index (χ4v) is 3.10. The molecule has 3 heterocycles. The van der Waals surface area contributed by atoms with Gasteiger partial charge >= 0.3 is 0 Å². The zero-order valence-electron chi connectivity index (χ0n) is 11.1. The van der Waals surface area contributed by atoms with E-state index in [9.17, 15) is 4.79 Å². The number of thiophene rings is 1. The zero-order chi connectivity index (χ0) is 13.8. The summed E-state index contributed by atoms with van der Waals surface area (Å²) in [7, 11) is 0. The van der Waals surface area contributed by atoms with E-state index in [0.717, 1.165) is 23.7 Å². The van der Waals surface area contributed by atoms with Crippen LogP contribution in [-0.2, 0) is 4.74 Å². The highest BCUT2D eigenvalue weighted by Crippen LogP contribution is 2.26. The predicted octanol–water partition coefficient (Wildman–Crippen LogP) is 2.40. The molecule has 0 radical (unpaired) electrons. The van der Waals surface area contributed by atoms with Gasteiger partial charge in [0, 0.05) is 19.3 Å². The number of morpholine rings is 1. The van der Waals surface area contributed by atoms with Crippen molar-refractivity contribution in [2.75, 3.05) is 26.3 Å². The average Bonchev–Trinajstić information content (AvgIpc) is 3.04. The van der Waals surface area contributed by atoms with Crippen LogP contribution in [-0.4, -0.2) is 42.0 Å². The van der Waals surface area contributed by atoms with Gasteiger partial charge in [0.15, 0.2) is 5.78 Å². The van der Waals surface area contributed by atoms with Gasteiger partial charge in [-0.2, -0.15) is 0 Å². The number of rotatable bonds is 4. The summed E-state index contributed by atoms with van der Waals surface area (Å²) in [4.78, 5) is 20.1. The number of nitrogens with zero attached hydrogens (tertiary/aromatic N) is 2. The summed E-state index contributed by atoms with van der Waals surface area (Å²) in [6, 6.07) is 9.20. The van der Waals surface area contributed by atoms with Crippen LogP contribution in [0.5, 0.6) is 0 Å². The third-order valence-electron chi connectivity index (χ3n) is 3.39. The van der Waals surface area contributed by atoms with Gasteiger partial charge in [-0.05, 0) is 23.6 Å². The summed E-state index contributed by atoms with van der Waals surface area (Å²) in [6.45, 7) is 2.86. The molecule has 1 aliphatic heterocycles. The molecule has 2 aromatic rings. The Morgan fingerprint density at radius 1 is 1.25 bits per heavy atom. The summed E-state index contributed by atoms with van der Waals surface area (Å²) in [5, 5.41) is 1.93. The van der Waals surface area contributed by atoms with Crippen LogP contribution in [0.2, 0.25) is 0 Å². The van der Waals surface area contributed by atoms with Gasteiger partial charge in [0.2, 0.25) is 0 Å². The van der Waals surface area contributed by atoms with E-state index in [1.54, 1.807) is 6.20 Å². The second kappa shape index (κ2) is 6.26. The molecule has 4 nitrogen and oxygen atoms in total. The zero-order valence-corrected chi connectivity index (χ0v) is 11.9. The number of hydrogen-bond donors (Lipinski definition) is 0. The molecule has 2 aromatic heterocycles. The summed E-state index contributed by atoms with van der Waals surface area (Å²) in [5.74, 6) is 0.126. The van der Waals surface area contributed by atoms with Crippen molar-refractivity contribution in [1.29, 1.82) is 0 Å². The monoisotopic (exact) mass is 288 g/mol. The predicted molar refractivity (Wildman–Crippen MR) is 78.0 cm³/mol. The SMILES string of the molecule is O=C(c1cccs1)C(c1ccccn1)N1CCOCC1. The van der Waals surface area contributed by atoms with Crippen LogP contribution in [0.1, 0.15) is 21.4 Å². The molecule has 0 aromatic carbocycles. The van der Waals surface area contributed by atoms with Crippen molar-refractivity contribution in [3.05, 3.63) is 52.5 Å². The Hall–Kier alpha value is -1.56. The lowest BCUT2D eigenvalue weighted by Gasteiger charge is -2.32. The van der Waals surface area contributed by atoms with Gasteiger partial charge in [-0.15, -0.1) is 11.3 Å². The van der Waals surface area contributed by atoms with Crippen molar-refractivity contribution in [3.63, 3.8) is 0 Å². The van der Waals surface area contributed by atoms with Crippen LogP contribution in [0.3, 0.4) is 0 Å². The fourth-order valence-electron chi connectivity index (χ4n) is 2.41. The smallest absolute Gasteiger partial charge is 0.195 e. The number of carbonyl (C=O) groups is 1. The fraction of sp³-hybridized carbons (Fsp3) is 0.333. The van der Waals surface area contributed by atoms with E-state index in [1.165, 1.54) is 11.3 Å². The molecular formula is C15H16N2O2S. The minimum absolute atomic E-state index is 0.126. The molecular weight excluding hydrogens is 272 g/mol. The summed E-state index contributed by atoms with van der Waals surface area (Å²) < 4.78 is 5.39. The van der Waals surface area contributed by atoms with Gasteiger partial charge in [0.1, 0.15) is 6.04 Å². The van der Waals surface area contributed by atoms with Crippen molar-refractivity contribution in [2.24, 2.45) is 0 Å². The van der Waals surface area contributed by atoms with Crippen LogP contribution in [0.15, 0.2) is 41.9 Å². The molecule has 1 unspecified atom stereocenters. The molecule has 1 fully saturated rings. The van der Waals surface area contributed by atoms with Crippen LogP contribution in [0.25, 0.3) is 0 Å². The van der Waals surface area contributed by atoms with Gasteiger partial charge in [0.25, 0.3) is 0 Å².